The first-order valence-electron chi connectivity index (χ1n) is 2.90. The van der Waals surface area contributed by atoms with Gasteiger partial charge in [0.05, 0.1) is 5.25 Å². The van der Waals surface area contributed by atoms with Crippen molar-refractivity contribution in [2.24, 2.45) is 0 Å². The number of rotatable bonds is 3. The molecule has 0 aromatic rings. The molecular formula is C6H9O3S. The molecule has 0 N–H and O–H groups in total. The Labute approximate surface area is 61.2 Å². The average molecular weight is 161 g/mol. The Morgan fingerprint density at radius 2 is 2.10 bits per heavy atom. The Hall–Kier alpha value is -0.530. The van der Waals surface area contributed by atoms with Crippen LogP contribution in [0.15, 0.2) is 0 Å². The summed E-state index contributed by atoms with van der Waals surface area (Å²) in [5.74, 6) is 2.15. The molecule has 0 fully saturated rings. The lowest BCUT2D eigenvalue weighted by Gasteiger charge is -2.03. The van der Waals surface area contributed by atoms with E-state index >= 15 is 0 Å². The summed E-state index contributed by atoms with van der Waals surface area (Å²) in [4.78, 5) is 0. The highest BCUT2D eigenvalue weighted by Gasteiger charge is 2.20. The molecule has 0 aliphatic heterocycles. The van der Waals surface area contributed by atoms with E-state index in [0.717, 1.165) is 0 Å². The van der Waals surface area contributed by atoms with Gasteiger partial charge in [-0.1, -0.05) is 11.5 Å². The van der Waals surface area contributed by atoms with E-state index in [2.05, 4.69) is 5.92 Å². The first-order valence-corrected chi connectivity index (χ1v) is 4.37. The molecule has 1 unspecified atom stereocenters. The highest BCUT2D eigenvalue weighted by Crippen LogP contribution is 2.07. The summed E-state index contributed by atoms with van der Waals surface area (Å²) in [5, 5.41) is -0.905. The van der Waals surface area contributed by atoms with E-state index in [0.29, 0.717) is 0 Å². The van der Waals surface area contributed by atoms with Crippen LogP contribution in [0, 0.1) is 12.3 Å². The van der Waals surface area contributed by atoms with Gasteiger partial charge in [-0.05, 0) is 6.42 Å². The lowest BCUT2D eigenvalue weighted by molar-refractivity contribution is 0.400. The first-order chi connectivity index (χ1) is 4.52. The predicted octanol–water partition coefficient (Wildman–Crippen LogP) is 0.549. The van der Waals surface area contributed by atoms with Crippen molar-refractivity contribution in [3.63, 3.8) is 0 Å². The molecular weight excluding hydrogens is 152 g/mol. The monoisotopic (exact) mass is 161 g/mol. The topological polar surface area (TPSA) is 54.0 Å². The van der Waals surface area contributed by atoms with Crippen LogP contribution in [0.5, 0.6) is 0 Å². The number of hydrogen-bond acceptors (Lipinski definition) is 2. The standard InChI is InChI=1S/C6H9O3S/c1-3-5-6(4-2)10(7,8)9/h1,6H,4-5H2,2H3. The summed E-state index contributed by atoms with van der Waals surface area (Å²) in [6, 6.07) is 0. The second kappa shape index (κ2) is 3.59. The van der Waals surface area contributed by atoms with Crippen LogP contribution in [0.3, 0.4) is 0 Å². The van der Waals surface area contributed by atoms with Gasteiger partial charge in [-0.25, -0.2) is 0 Å². The van der Waals surface area contributed by atoms with Crippen molar-refractivity contribution in [3.05, 3.63) is 0 Å². The van der Waals surface area contributed by atoms with Crippen molar-refractivity contribution in [2.45, 2.75) is 25.0 Å². The van der Waals surface area contributed by atoms with E-state index < -0.39 is 15.4 Å². The molecule has 1 radical (unpaired) electrons. The Balaban J connectivity index is 4.26. The van der Waals surface area contributed by atoms with Crippen LogP contribution in [-0.4, -0.2) is 13.7 Å². The molecule has 0 aromatic carbocycles. The summed E-state index contributed by atoms with van der Waals surface area (Å²) in [5.41, 5.74) is 0. The molecule has 57 valence electrons. The number of hydrogen-bond donors (Lipinski definition) is 0. The molecule has 0 saturated heterocycles. The highest BCUT2D eigenvalue weighted by molar-refractivity contribution is 7.86. The van der Waals surface area contributed by atoms with Crippen molar-refractivity contribution in [3.8, 4) is 12.3 Å². The molecule has 0 spiro atoms. The van der Waals surface area contributed by atoms with E-state index in [1.807, 2.05) is 0 Å². The van der Waals surface area contributed by atoms with Gasteiger partial charge >= 0.3 is 0 Å². The van der Waals surface area contributed by atoms with E-state index in [-0.39, 0.29) is 12.8 Å². The summed E-state index contributed by atoms with van der Waals surface area (Å²) >= 11 is 0. The Morgan fingerprint density at radius 1 is 1.60 bits per heavy atom. The van der Waals surface area contributed by atoms with Gasteiger partial charge in [-0.3, -0.25) is 0 Å². The molecule has 0 saturated carbocycles. The molecule has 3 nitrogen and oxygen atoms in total. The minimum atomic E-state index is -4.17. The van der Waals surface area contributed by atoms with Gasteiger partial charge in [-0.2, -0.15) is 8.42 Å². The van der Waals surface area contributed by atoms with E-state index in [4.69, 9.17) is 6.42 Å². The minimum Gasteiger partial charge on any atom is -0.197 e. The fourth-order valence-electron chi connectivity index (χ4n) is 0.582. The van der Waals surface area contributed by atoms with Gasteiger partial charge in [0.15, 0.2) is 0 Å². The van der Waals surface area contributed by atoms with E-state index in [1.165, 1.54) is 0 Å². The van der Waals surface area contributed by atoms with Crippen molar-refractivity contribution in [1.29, 1.82) is 0 Å². The summed E-state index contributed by atoms with van der Waals surface area (Å²) < 4.78 is 30.9. The largest absolute Gasteiger partial charge is 0.298 e. The molecule has 0 heterocycles. The van der Waals surface area contributed by atoms with Crippen molar-refractivity contribution >= 4 is 10.1 Å². The predicted molar refractivity (Wildman–Crippen MR) is 37.1 cm³/mol. The van der Waals surface area contributed by atoms with Gasteiger partial charge in [0.1, 0.15) is 0 Å². The zero-order valence-electron chi connectivity index (χ0n) is 5.70. The van der Waals surface area contributed by atoms with Crippen LogP contribution in [0.1, 0.15) is 19.8 Å². The molecule has 10 heavy (non-hydrogen) atoms. The fourth-order valence-corrected chi connectivity index (χ4v) is 1.29. The van der Waals surface area contributed by atoms with Crippen LogP contribution in [0.2, 0.25) is 0 Å². The molecule has 1 atom stereocenters. The third-order valence-corrected chi connectivity index (χ3v) is 2.53. The lowest BCUT2D eigenvalue weighted by Crippen LogP contribution is -2.17. The Bertz CT molecular complexity index is 222. The van der Waals surface area contributed by atoms with Crippen LogP contribution in [0.25, 0.3) is 0 Å². The van der Waals surface area contributed by atoms with Crippen LogP contribution >= 0.6 is 0 Å². The van der Waals surface area contributed by atoms with Crippen LogP contribution in [-0.2, 0) is 14.7 Å². The third kappa shape index (κ3) is 2.85. The molecule has 0 aliphatic carbocycles. The maximum Gasteiger partial charge on any atom is 0.298 e. The third-order valence-electron chi connectivity index (χ3n) is 1.21. The molecule has 0 rings (SSSR count). The molecule has 4 heteroatoms. The number of terminal acetylenes is 1. The van der Waals surface area contributed by atoms with Gasteiger partial charge in [0.25, 0.3) is 10.1 Å². The van der Waals surface area contributed by atoms with E-state index in [9.17, 15) is 13.0 Å². The minimum absolute atomic E-state index is 0.0162. The van der Waals surface area contributed by atoms with Gasteiger partial charge in [0.2, 0.25) is 0 Å². The Morgan fingerprint density at radius 3 is 2.20 bits per heavy atom. The maximum atomic E-state index is 10.3. The normalized spacial score (nSPS) is 14.1. The maximum absolute atomic E-state index is 10.3. The second-order valence-corrected chi connectivity index (χ2v) is 3.58. The summed E-state index contributed by atoms with van der Waals surface area (Å²) in [7, 11) is -4.17. The fraction of sp³-hybridized carbons (Fsp3) is 0.667. The lowest BCUT2D eigenvalue weighted by atomic mass is 10.2. The quantitative estimate of drug-likeness (QED) is 0.567. The molecule has 0 aliphatic rings. The van der Waals surface area contributed by atoms with E-state index in [1.54, 1.807) is 6.92 Å². The van der Waals surface area contributed by atoms with Gasteiger partial charge in [0, 0.05) is 6.42 Å². The van der Waals surface area contributed by atoms with Crippen molar-refractivity contribution in [1.82, 2.24) is 0 Å². The molecule has 0 amide bonds. The van der Waals surface area contributed by atoms with Gasteiger partial charge < -0.3 is 0 Å². The summed E-state index contributed by atoms with van der Waals surface area (Å²) in [6.07, 6.45) is 5.15. The zero-order chi connectivity index (χ0) is 8.20. The second-order valence-electron chi connectivity index (χ2n) is 1.93. The Kier molecular flexibility index (Phi) is 3.40. The molecule has 0 aromatic heterocycles. The van der Waals surface area contributed by atoms with Gasteiger partial charge in [-0.15, -0.1) is 12.3 Å². The zero-order valence-corrected chi connectivity index (χ0v) is 6.52. The highest BCUT2D eigenvalue weighted by atomic mass is 32.2. The van der Waals surface area contributed by atoms with Crippen LogP contribution in [0.4, 0.5) is 0 Å². The average Bonchev–Trinajstić information content (AvgIpc) is 1.80. The smallest absolute Gasteiger partial charge is 0.197 e. The first kappa shape index (κ1) is 9.47. The van der Waals surface area contributed by atoms with Crippen molar-refractivity contribution in [2.75, 3.05) is 0 Å². The van der Waals surface area contributed by atoms with Crippen molar-refractivity contribution < 1.29 is 13.0 Å². The summed E-state index contributed by atoms with van der Waals surface area (Å²) in [6.45, 7) is 1.62. The van der Waals surface area contributed by atoms with Crippen LogP contribution < -0.4 is 0 Å². The SMILES string of the molecule is C#CCC(CC)S([O])(=O)=O. The molecule has 0 bridgehead atoms.